The van der Waals surface area contributed by atoms with Crippen LogP contribution in [0.1, 0.15) is 76.7 Å². The predicted molar refractivity (Wildman–Crippen MR) is 114 cm³/mol. The highest BCUT2D eigenvalue weighted by Gasteiger charge is 2.66. The molecule has 4 nitrogen and oxygen atoms in total. The summed E-state index contributed by atoms with van der Waals surface area (Å²) in [6, 6.07) is 3.44. The first-order valence-electron chi connectivity index (χ1n) is 11.3. The van der Waals surface area contributed by atoms with Gasteiger partial charge < -0.3 is 9.52 Å². The molecular formula is C25H33NO3. The zero-order valence-corrected chi connectivity index (χ0v) is 17.9. The highest BCUT2D eigenvalue weighted by molar-refractivity contribution is 5.96. The second-order valence-corrected chi connectivity index (χ2v) is 10.4. The maximum atomic E-state index is 12.2. The maximum absolute atomic E-state index is 12.2. The molecule has 1 heterocycles. The molecular weight excluding hydrogens is 362 g/mol. The number of nitrogens with zero attached hydrogens (tertiary/aromatic N) is 1. The van der Waals surface area contributed by atoms with E-state index >= 15 is 0 Å². The molecule has 0 radical (unpaired) electrons. The lowest BCUT2D eigenvalue weighted by molar-refractivity contribution is -0.176. The second kappa shape index (κ2) is 6.41. The van der Waals surface area contributed by atoms with Gasteiger partial charge in [-0.25, -0.2) is 4.79 Å². The number of aliphatic hydroxyl groups is 1. The lowest BCUT2D eigenvalue weighted by Gasteiger charge is -2.61. The van der Waals surface area contributed by atoms with Crippen molar-refractivity contribution in [2.45, 2.75) is 76.7 Å². The van der Waals surface area contributed by atoms with Crippen molar-refractivity contribution >= 4 is 5.71 Å². The lowest BCUT2D eigenvalue weighted by Crippen LogP contribution is -2.60. The van der Waals surface area contributed by atoms with Crippen LogP contribution < -0.4 is 5.63 Å². The van der Waals surface area contributed by atoms with E-state index in [0.29, 0.717) is 11.8 Å². The fourth-order valence-electron chi connectivity index (χ4n) is 7.82. The molecule has 4 unspecified atom stereocenters. The molecule has 3 fully saturated rings. The summed E-state index contributed by atoms with van der Waals surface area (Å²) in [5.41, 5.74) is 2.99. The van der Waals surface area contributed by atoms with Gasteiger partial charge in [0.05, 0.1) is 11.9 Å². The summed E-state index contributed by atoms with van der Waals surface area (Å²) < 4.78 is 5.19. The third-order valence-electron chi connectivity index (χ3n) is 9.58. The average molecular weight is 396 g/mol. The maximum Gasteiger partial charge on any atom is 0.335 e. The minimum absolute atomic E-state index is 0.156. The smallest absolute Gasteiger partial charge is 0.335 e. The van der Waals surface area contributed by atoms with Crippen LogP contribution in [-0.4, -0.2) is 23.5 Å². The Kier molecular flexibility index (Phi) is 4.26. The van der Waals surface area contributed by atoms with Crippen molar-refractivity contribution in [2.24, 2.45) is 27.7 Å². The summed E-state index contributed by atoms with van der Waals surface area (Å²) in [6.45, 7) is 4.74. The molecule has 5 rings (SSSR count). The van der Waals surface area contributed by atoms with Crippen LogP contribution in [-0.2, 0) is 0 Å². The van der Waals surface area contributed by atoms with Gasteiger partial charge in [-0.2, -0.15) is 0 Å². The van der Waals surface area contributed by atoms with Crippen LogP contribution in [0.25, 0.3) is 0 Å². The Morgan fingerprint density at radius 3 is 2.62 bits per heavy atom. The molecule has 1 aromatic rings. The molecule has 3 saturated carbocycles. The number of allylic oxidation sites excluding steroid dienone is 2. The number of rotatable bonds is 1. The van der Waals surface area contributed by atoms with E-state index in [-0.39, 0.29) is 22.4 Å². The van der Waals surface area contributed by atoms with E-state index in [1.54, 1.807) is 11.8 Å². The van der Waals surface area contributed by atoms with Gasteiger partial charge in [0.25, 0.3) is 0 Å². The number of hydrogen-bond acceptors (Lipinski definition) is 4. The molecule has 0 aromatic carbocycles. The van der Waals surface area contributed by atoms with Crippen LogP contribution in [0, 0.1) is 22.7 Å². The summed E-state index contributed by atoms with van der Waals surface area (Å²) >= 11 is 0. The van der Waals surface area contributed by atoms with Crippen molar-refractivity contribution in [3.05, 3.63) is 46.0 Å². The van der Waals surface area contributed by atoms with Gasteiger partial charge in [-0.1, -0.05) is 19.4 Å². The zero-order chi connectivity index (χ0) is 20.4. The highest BCUT2D eigenvalue weighted by Crippen LogP contribution is 2.69. The van der Waals surface area contributed by atoms with Crippen LogP contribution >= 0.6 is 0 Å². The van der Waals surface area contributed by atoms with E-state index in [0.717, 1.165) is 50.5 Å². The fraction of sp³-hybridized carbons (Fsp3) is 0.680. The molecule has 0 amide bonds. The van der Waals surface area contributed by atoms with Gasteiger partial charge in [-0.3, -0.25) is 4.99 Å². The first-order chi connectivity index (χ1) is 13.8. The van der Waals surface area contributed by atoms with E-state index in [4.69, 9.17) is 4.42 Å². The summed E-state index contributed by atoms with van der Waals surface area (Å²) in [4.78, 5) is 15.9. The quantitative estimate of drug-likeness (QED) is 0.738. The summed E-state index contributed by atoms with van der Waals surface area (Å²) in [6.07, 6.45) is 12.4. The minimum atomic E-state index is -0.635. The van der Waals surface area contributed by atoms with Crippen LogP contribution in [0.3, 0.4) is 0 Å². The Hall–Kier alpha value is -1.68. The Balaban J connectivity index is 1.51. The van der Waals surface area contributed by atoms with Crippen LogP contribution in [0.2, 0.25) is 0 Å². The molecule has 29 heavy (non-hydrogen) atoms. The molecule has 0 spiro atoms. The van der Waals surface area contributed by atoms with Crippen molar-refractivity contribution in [1.29, 1.82) is 0 Å². The van der Waals surface area contributed by atoms with Gasteiger partial charge >= 0.3 is 5.63 Å². The van der Waals surface area contributed by atoms with E-state index in [9.17, 15) is 9.90 Å². The van der Waals surface area contributed by atoms with Crippen molar-refractivity contribution < 1.29 is 9.52 Å². The number of hydrogen-bond donors (Lipinski definition) is 1. The molecule has 1 N–H and O–H groups in total. The largest absolute Gasteiger partial charge is 0.431 e. The first-order valence-corrected chi connectivity index (χ1v) is 11.3. The summed E-state index contributed by atoms with van der Waals surface area (Å²) in [7, 11) is 1.90. The average Bonchev–Trinajstić information content (AvgIpc) is 2.99. The Morgan fingerprint density at radius 1 is 1.07 bits per heavy atom. The van der Waals surface area contributed by atoms with Gasteiger partial charge in [0, 0.05) is 24.2 Å². The predicted octanol–water partition coefficient (Wildman–Crippen LogP) is 4.87. The molecule has 0 saturated heterocycles. The molecule has 4 aliphatic rings. The Bertz CT molecular complexity index is 925. The lowest BCUT2D eigenvalue weighted by atomic mass is 9.45. The van der Waals surface area contributed by atoms with Crippen molar-refractivity contribution in [1.82, 2.24) is 0 Å². The molecule has 1 aromatic heterocycles. The molecule has 156 valence electrons. The second-order valence-electron chi connectivity index (χ2n) is 10.4. The highest BCUT2D eigenvalue weighted by atomic mass is 16.4. The van der Waals surface area contributed by atoms with Crippen molar-refractivity contribution in [3.8, 4) is 0 Å². The van der Waals surface area contributed by atoms with Crippen LogP contribution in [0.4, 0.5) is 0 Å². The molecule has 6 atom stereocenters. The van der Waals surface area contributed by atoms with Gasteiger partial charge in [0.15, 0.2) is 0 Å². The first kappa shape index (κ1) is 19.3. The van der Waals surface area contributed by atoms with E-state index < -0.39 is 5.60 Å². The molecule has 0 bridgehead atoms. The van der Waals surface area contributed by atoms with E-state index in [1.807, 2.05) is 13.1 Å². The van der Waals surface area contributed by atoms with Gasteiger partial charge in [-0.15, -0.1) is 0 Å². The van der Waals surface area contributed by atoms with Gasteiger partial charge in [-0.05, 0) is 92.2 Å². The number of aliphatic imine (C=N–C) groups is 1. The van der Waals surface area contributed by atoms with E-state index in [1.165, 1.54) is 18.2 Å². The van der Waals surface area contributed by atoms with Gasteiger partial charge in [0.2, 0.25) is 0 Å². The number of fused-ring (bicyclic) bond motifs is 5. The zero-order valence-electron chi connectivity index (χ0n) is 17.9. The summed E-state index contributed by atoms with van der Waals surface area (Å²) in [5, 5.41) is 12.2. The molecule has 0 aliphatic heterocycles. The van der Waals surface area contributed by atoms with Gasteiger partial charge in [0.1, 0.15) is 0 Å². The SMILES string of the molecule is CN=C1C=C2CCC3C(CC[C@]4(C)C(c5ccc(=O)oc5)CCC34O)[C@@]2(C)CC1. The molecule has 4 heteroatoms. The normalized spacial score (nSPS) is 45.3. The minimum Gasteiger partial charge on any atom is -0.431 e. The molecule has 4 aliphatic carbocycles. The Morgan fingerprint density at radius 2 is 1.90 bits per heavy atom. The van der Waals surface area contributed by atoms with Crippen molar-refractivity contribution in [3.63, 3.8) is 0 Å². The van der Waals surface area contributed by atoms with E-state index in [2.05, 4.69) is 24.9 Å². The third kappa shape index (κ3) is 2.54. The van der Waals surface area contributed by atoms with Crippen LogP contribution in [0.5, 0.6) is 0 Å². The monoisotopic (exact) mass is 395 g/mol. The fourth-order valence-corrected chi connectivity index (χ4v) is 7.82. The standard InChI is InChI=1S/C25H33NO3/c1-23-11-8-18(26-3)14-17(23)5-6-21-20(23)9-12-24(2)19(10-13-25(21,24)28)16-4-7-22(27)29-15-16/h4,7,14-15,19-21,28H,5-6,8-13H2,1-3H3/t19?,20?,21?,23-,24+,25?/m0/s1. The third-order valence-corrected chi connectivity index (χ3v) is 9.58. The topological polar surface area (TPSA) is 62.8 Å². The van der Waals surface area contributed by atoms with Crippen molar-refractivity contribution in [2.75, 3.05) is 7.05 Å². The Labute approximate surface area is 173 Å². The van der Waals surface area contributed by atoms with Crippen LogP contribution in [0.15, 0.2) is 44.2 Å². The summed E-state index contributed by atoms with van der Waals surface area (Å²) in [5.74, 6) is 1.16.